The minimum absolute atomic E-state index is 0.186. The number of rotatable bonds is 9. The summed E-state index contributed by atoms with van der Waals surface area (Å²) in [6, 6.07) is 1.47. The van der Waals surface area contributed by atoms with Crippen molar-refractivity contribution in [1.29, 1.82) is 0 Å². The van der Waals surface area contributed by atoms with Crippen LogP contribution < -0.4 is 5.32 Å². The first-order valence-corrected chi connectivity index (χ1v) is 7.36. The Morgan fingerprint density at radius 2 is 1.72 bits per heavy atom. The van der Waals surface area contributed by atoms with E-state index in [2.05, 4.69) is 58.8 Å². The zero-order valence-electron chi connectivity index (χ0n) is 13.5. The van der Waals surface area contributed by atoms with E-state index in [0.29, 0.717) is 18.1 Å². The van der Waals surface area contributed by atoms with Gasteiger partial charge in [0.15, 0.2) is 0 Å². The molecule has 3 nitrogen and oxygen atoms in total. The number of hydrogen-bond donors (Lipinski definition) is 2. The van der Waals surface area contributed by atoms with Crippen LogP contribution in [0.5, 0.6) is 0 Å². The molecule has 3 atom stereocenters. The summed E-state index contributed by atoms with van der Waals surface area (Å²) in [5.41, 5.74) is -0.187. The van der Waals surface area contributed by atoms with Gasteiger partial charge in [-0.1, -0.05) is 27.2 Å². The fourth-order valence-corrected chi connectivity index (χ4v) is 2.72. The second-order valence-electron chi connectivity index (χ2n) is 6.37. The van der Waals surface area contributed by atoms with Gasteiger partial charge in [-0.2, -0.15) is 0 Å². The van der Waals surface area contributed by atoms with E-state index in [-0.39, 0.29) is 12.1 Å². The van der Waals surface area contributed by atoms with Gasteiger partial charge in [0.25, 0.3) is 0 Å². The molecular weight excluding hydrogens is 224 g/mol. The first-order valence-electron chi connectivity index (χ1n) is 7.36. The molecule has 0 aromatic carbocycles. The van der Waals surface area contributed by atoms with Crippen LogP contribution in [0, 0.1) is 0 Å². The Morgan fingerprint density at radius 3 is 2.11 bits per heavy atom. The normalized spacial score (nSPS) is 19.0. The fourth-order valence-electron chi connectivity index (χ4n) is 2.72. The molecule has 0 aliphatic carbocycles. The third kappa shape index (κ3) is 6.17. The molecule has 18 heavy (non-hydrogen) atoms. The lowest BCUT2D eigenvalue weighted by atomic mass is 9.92. The van der Waals surface area contributed by atoms with Crippen molar-refractivity contribution in [3.63, 3.8) is 0 Å². The Hall–Kier alpha value is -0.120. The van der Waals surface area contributed by atoms with Crippen LogP contribution in [0.1, 0.15) is 60.8 Å². The lowest BCUT2D eigenvalue weighted by Gasteiger charge is -2.38. The largest absolute Gasteiger partial charge is 0.394 e. The maximum absolute atomic E-state index is 9.63. The summed E-state index contributed by atoms with van der Waals surface area (Å²) < 4.78 is 0. The van der Waals surface area contributed by atoms with E-state index in [1.54, 1.807) is 0 Å². The van der Waals surface area contributed by atoms with Gasteiger partial charge in [0.2, 0.25) is 0 Å². The molecule has 0 rings (SSSR count). The lowest BCUT2D eigenvalue weighted by molar-refractivity contribution is 0.102. The van der Waals surface area contributed by atoms with Crippen molar-refractivity contribution in [2.45, 2.75) is 84.5 Å². The van der Waals surface area contributed by atoms with Gasteiger partial charge < -0.3 is 15.3 Å². The maximum Gasteiger partial charge on any atom is 0.0611 e. The van der Waals surface area contributed by atoms with Crippen LogP contribution in [0.25, 0.3) is 0 Å². The Morgan fingerprint density at radius 1 is 1.17 bits per heavy atom. The molecule has 0 heterocycles. The van der Waals surface area contributed by atoms with Crippen molar-refractivity contribution in [1.82, 2.24) is 10.2 Å². The Bertz CT molecular complexity index is 221. The van der Waals surface area contributed by atoms with E-state index >= 15 is 0 Å². The molecule has 110 valence electrons. The van der Waals surface area contributed by atoms with Gasteiger partial charge in [0.1, 0.15) is 0 Å². The summed E-state index contributed by atoms with van der Waals surface area (Å²) in [6.45, 7) is 13.3. The average molecular weight is 258 g/mol. The number of aliphatic hydroxyl groups excluding tert-OH is 1. The molecule has 0 amide bonds. The van der Waals surface area contributed by atoms with E-state index in [4.69, 9.17) is 0 Å². The fraction of sp³-hybridized carbons (Fsp3) is 1.00. The quantitative estimate of drug-likeness (QED) is 0.667. The van der Waals surface area contributed by atoms with E-state index in [9.17, 15) is 5.11 Å². The summed E-state index contributed by atoms with van der Waals surface area (Å²) in [5.74, 6) is 0. The van der Waals surface area contributed by atoms with Gasteiger partial charge in [0, 0.05) is 23.7 Å². The van der Waals surface area contributed by atoms with Gasteiger partial charge in [0.05, 0.1) is 6.61 Å². The van der Waals surface area contributed by atoms with E-state index in [1.807, 2.05) is 0 Å². The van der Waals surface area contributed by atoms with Crippen LogP contribution in [0.4, 0.5) is 0 Å². The number of hydrogen-bond acceptors (Lipinski definition) is 3. The molecule has 0 saturated heterocycles. The van der Waals surface area contributed by atoms with Gasteiger partial charge >= 0.3 is 0 Å². The molecule has 0 radical (unpaired) electrons. The van der Waals surface area contributed by atoms with Crippen molar-refractivity contribution in [2.24, 2.45) is 0 Å². The first-order chi connectivity index (χ1) is 8.25. The highest BCUT2D eigenvalue weighted by atomic mass is 16.3. The molecule has 3 heteroatoms. The summed E-state index contributed by atoms with van der Waals surface area (Å²) in [4.78, 5) is 2.43. The monoisotopic (exact) mass is 258 g/mol. The smallest absolute Gasteiger partial charge is 0.0611 e. The third-order valence-corrected chi connectivity index (χ3v) is 3.83. The number of aliphatic hydroxyl groups is 1. The van der Waals surface area contributed by atoms with Crippen molar-refractivity contribution in [3.05, 3.63) is 0 Å². The molecule has 0 bridgehead atoms. The molecule has 0 aromatic rings. The minimum atomic E-state index is -0.187. The molecule has 0 aliphatic rings. The zero-order valence-corrected chi connectivity index (χ0v) is 13.5. The number of nitrogens with zero attached hydrogens (tertiary/aromatic N) is 1. The van der Waals surface area contributed by atoms with Crippen LogP contribution in [0.2, 0.25) is 0 Å². The predicted octanol–water partition coefficient (Wildman–Crippen LogP) is 2.63. The molecule has 0 aromatic heterocycles. The average Bonchev–Trinajstić information content (AvgIpc) is 2.27. The summed E-state index contributed by atoms with van der Waals surface area (Å²) in [6.07, 6.45) is 3.42. The SMILES string of the molecule is CCCC(C)N(C)C(C)CC(C)(CO)NC(C)C. The highest BCUT2D eigenvalue weighted by Crippen LogP contribution is 2.18. The van der Waals surface area contributed by atoms with E-state index in [1.165, 1.54) is 12.8 Å². The summed E-state index contributed by atoms with van der Waals surface area (Å²) >= 11 is 0. The maximum atomic E-state index is 9.63. The topological polar surface area (TPSA) is 35.5 Å². The van der Waals surface area contributed by atoms with Crippen LogP contribution >= 0.6 is 0 Å². The first kappa shape index (κ1) is 17.9. The Kier molecular flexibility index (Phi) is 8.08. The molecule has 0 saturated carbocycles. The van der Waals surface area contributed by atoms with Crippen molar-refractivity contribution in [2.75, 3.05) is 13.7 Å². The predicted molar refractivity (Wildman–Crippen MR) is 80.0 cm³/mol. The molecule has 0 spiro atoms. The lowest BCUT2D eigenvalue weighted by Crippen LogP contribution is -2.53. The van der Waals surface area contributed by atoms with Crippen LogP contribution in [0.3, 0.4) is 0 Å². The van der Waals surface area contributed by atoms with Gasteiger partial charge in [-0.05, 0) is 40.7 Å². The van der Waals surface area contributed by atoms with E-state index < -0.39 is 0 Å². The minimum Gasteiger partial charge on any atom is -0.394 e. The summed E-state index contributed by atoms with van der Waals surface area (Å²) in [7, 11) is 2.19. The highest BCUT2D eigenvalue weighted by Gasteiger charge is 2.28. The van der Waals surface area contributed by atoms with Crippen LogP contribution in [0.15, 0.2) is 0 Å². The number of nitrogens with one attached hydrogen (secondary N) is 1. The van der Waals surface area contributed by atoms with Crippen molar-refractivity contribution >= 4 is 0 Å². The second-order valence-corrected chi connectivity index (χ2v) is 6.37. The van der Waals surface area contributed by atoms with Gasteiger partial charge in [-0.25, -0.2) is 0 Å². The molecule has 3 unspecified atom stereocenters. The van der Waals surface area contributed by atoms with Crippen LogP contribution in [-0.2, 0) is 0 Å². The molecular formula is C15H34N2O. The van der Waals surface area contributed by atoms with Crippen molar-refractivity contribution < 1.29 is 5.11 Å². The zero-order chi connectivity index (χ0) is 14.3. The standard InChI is InChI=1S/C15H34N2O/c1-8-9-13(4)17(7)14(5)10-15(6,11-18)16-12(2)3/h12-14,16,18H,8-11H2,1-7H3. The van der Waals surface area contributed by atoms with Crippen molar-refractivity contribution in [3.8, 4) is 0 Å². The Labute approximate surface area is 114 Å². The molecule has 0 aliphatic heterocycles. The summed E-state index contributed by atoms with van der Waals surface area (Å²) in [5, 5.41) is 13.1. The molecule has 2 N–H and O–H groups in total. The second kappa shape index (κ2) is 8.13. The highest BCUT2D eigenvalue weighted by molar-refractivity contribution is 4.88. The molecule has 0 fully saturated rings. The van der Waals surface area contributed by atoms with Crippen LogP contribution in [-0.4, -0.2) is 47.3 Å². The van der Waals surface area contributed by atoms with Gasteiger partial charge in [-0.3, -0.25) is 0 Å². The third-order valence-electron chi connectivity index (χ3n) is 3.83. The van der Waals surface area contributed by atoms with E-state index in [0.717, 1.165) is 6.42 Å². The Balaban J connectivity index is 4.45. The van der Waals surface area contributed by atoms with Gasteiger partial charge in [-0.15, -0.1) is 0 Å².